The van der Waals surface area contributed by atoms with Crippen molar-refractivity contribution in [2.45, 2.75) is 110 Å². The highest BCUT2D eigenvalue weighted by Crippen LogP contribution is 2.17. The second-order valence-corrected chi connectivity index (χ2v) is 20.3. The number of aromatic nitrogens is 9. The number of hydrogen-bond acceptors (Lipinski definition) is 9. The van der Waals surface area contributed by atoms with Crippen molar-refractivity contribution < 1.29 is 4.79 Å². The molecule has 5 heterocycles. The average molecular weight is 975 g/mol. The van der Waals surface area contributed by atoms with Gasteiger partial charge in [-0.05, 0) is 78.0 Å². The van der Waals surface area contributed by atoms with E-state index in [1.54, 1.807) is 34.5 Å². The summed E-state index contributed by atoms with van der Waals surface area (Å²) >= 11 is 0. The Labute approximate surface area is 433 Å². The number of amides is 1. The molecule has 10 rings (SSSR count). The molecule has 72 heavy (non-hydrogen) atoms. The lowest BCUT2D eigenvalue weighted by Gasteiger charge is -2.24. The molecule has 0 bridgehead atoms. The van der Waals surface area contributed by atoms with Crippen LogP contribution in [0.4, 0.5) is 0 Å². The van der Waals surface area contributed by atoms with E-state index in [0.717, 1.165) is 91.7 Å². The van der Waals surface area contributed by atoms with Crippen LogP contribution in [0.15, 0.2) is 159 Å². The van der Waals surface area contributed by atoms with Crippen molar-refractivity contribution in [3.63, 3.8) is 0 Å². The highest BCUT2D eigenvalue weighted by Gasteiger charge is 2.19. The fourth-order valence-corrected chi connectivity index (χ4v) is 5.32. The first kappa shape index (κ1) is 63.0. The molecule has 1 aliphatic heterocycles. The van der Waals surface area contributed by atoms with Gasteiger partial charge in [-0.2, -0.15) is 20.4 Å². The molecule has 9 aromatic rings. The Morgan fingerprint density at radius 3 is 1.40 bits per heavy atom. The van der Waals surface area contributed by atoms with E-state index in [1.165, 1.54) is 5.56 Å². The van der Waals surface area contributed by atoms with Crippen LogP contribution in [0, 0.1) is 29.6 Å². The van der Waals surface area contributed by atoms with Crippen molar-refractivity contribution in [1.82, 2.24) is 50.3 Å². The van der Waals surface area contributed by atoms with Crippen LogP contribution < -0.4 is 0 Å². The third kappa shape index (κ3) is 29.2. The lowest BCUT2D eigenvalue weighted by Crippen LogP contribution is -2.33. The Morgan fingerprint density at radius 2 is 0.889 bits per heavy atom. The van der Waals surface area contributed by atoms with Gasteiger partial charge in [-0.15, -0.1) is 5.10 Å². The number of hydrogen-bond donors (Lipinski definition) is 0. The molecule has 0 atom stereocenters. The Morgan fingerprint density at radius 1 is 0.444 bits per heavy atom. The summed E-state index contributed by atoms with van der Waals surface area (Å²) in [7, 11) is 3.73. The van der Waals surface area contributed by atoms with Gasteiger partial charge in [0.2, 0.25) is 0 Å². The minimum Gasteiger partial charge on any atom is -0.341 e. The van der Waals surface area contributed by atoms with Crippen molar-refractivity contribution in [2.24, 2.45) is 36.6 Å². The summed E-state index contributed by atoms with van der Waals surface area (Å²) in [6, 6.07) is 41.5. The quantitative estimate of drug-likeness (QED) is 0.146. The van der Waals surface area contributed by atoms with Gasteiger partial charge in [0.1, 0.15) is 11.8 Å². The summed E-state index contributed by atoms with van der Waals surface area (Å²) in [6.07, 6.45) is 9.57. The van der Waals surface area contributed by atoms with E-state index in [0.29, 0.717) is 0 Å². The maximum Gasteiger partial charge on any atom is 0.253 e. The molecular formula is C61H86N10O. The van der Waals surface area contributed by atoms with Gasteiger partial charge in [0.25, 0.3) is 5.91 Å². The zero-order valence-electron chi connectivity index (χ0n) is 46.7. The van der Waals surface area contributed by atoms with Gasteiger partial charge < -0.3 is 4.90 Å². The molecule has 0 unspecified atom stereocenters. The molecular weight excluding hydrogens is 889 g/mol. The SMILES string of the molecule is CC(C)C.CC(C)C.CC(C)C.CC(C)C.CC(C)C.CN1CCc2ccccc2C1=O.Cn1nnc2ccccc21.c1ccc2cnncc2c1.c1ccc2ncncc2c1.c1ccc2nnccc2c1. The van der Waals surface area contributed by atoms with Gasteiger partial charge in [-0.3, -0.25) is 4.79 Å². The molecule has 0 radical (unpaired) electrons. The number of rotatable bonds is 0. The number of carbonyl (C=O) groups is 1. The molecule has 11 nitrogen and oxygen atoms in total. The first-order valence-electron chi connectivity index (χ1n) is 25.3. The maximum absolute atomic E-state index is 11.5. The topological polar surface area (TPSA) is 128 Å². The zero-order chi connectivity index (χ0) is 53.8. The van der Waals surface area contributed by atoms with Crippen LogP contribution in [0.5, 0.6) is 0 Å². The van der Waals surface area contributed by atoms with Gasteiger partial charge in [0.15, 0.2) is 0 Å². The predicted molar refractivity (Wildman–Crippen MR) is 307 cm³/mol. The van der Waals surface area contributed by atoms with Crippen LogP contribution in [0.3, 0.4) is 0 Å². The molecule has 0 saturated carbocycles. The normalized spacial score (nSPS) is 10.8. The van der Waals surface area contributed by atoms with E-state index < -0.39 is 0 Å². The fourth-order valence-electron chi connectivity index (χ4n) is 5.32. The van der Waals surface area contributed by atoms with E-state index in [1.807, 2.05) is 148 Å². The van der Waals surface area contributed by atoms with Gasteiger partial charge >= 0.3 is 0 Å². The van der Waals surface area contributed by atoms with E-state index in [-0.39, 0.29) is 5.91 Å². The van der Waals surface area contributed by atoms with Crippen LogP contribution >= 0.6 is 0 Å². The smallest absolute Gasteiger partial charge is 0.253 e. The third-order valence-electron chi connectivity index (χ3n) is 8.12. The van der Waals surface area contributed by atoms with Crippen molar-refractivity contribution in [3.05, 3.63) is 170 Å². The molecule has 1 aliphatic rings. The highest BCUT2D eigenvalue weighted by molar-refractivity contribution is 5.96. The van der Waals surface area contributed by atoms with E-state index >= 15 is 0 Å². The molecule has 0 fully saturated rings. The van der Waals surface area contributed by atoms with Crippen molar-refractivity contribution in [2.75, 3.05) is 13.6 Å². The summed E-state index contributed by atoms with van der Waals surface area (Å²) in [5, 5.41) is 27.5. The number of nitrogens with zero attached hydrogens (tertiary/aromatic N) is 10. The van der Waals surface area contributed by atoms with Gasteiger partial charge in [-0.1, -0.05) is 200 Å². The second kappa shape index (κ2) is 36.9. The molecule has 0 aliphatic carbocycles. The van der Waals surface area contributed by atoms with Crippen molar-refractivity contribution >= 4 is 49.5 Å². The van der Waals surface area contributed by atoms with E-state index in [2.05, 4.69) is 145 Å². The lowest BCUT2D eigenvalue weighted by molar-refractivity contribution is 0.0781. The Balaban J connectivity index is 0.000000413. The first-order chi connectivity index (χ1) is 34.2. The number of aryl methyl sites for hydroxylation is 1. The molecule has 0 spiro atoms. The number of carbonyl (C=O) groups excluding carboxylic acids is 1. The average Bonchev–Trinajstić information content (AvgIpc) is 3.73. The van der Waals surface area contributed by atoms with Crippen LogP contribution in [0.1, 0.15) is 120 Å². The molecule has 0 saturated heterocycles. The molecule has 4 aromatic heterocycles. The van der Waals surface area contributed by atoms with Crippen LogP contribution in [0.25, 0.3) is 43.6 Å². The lowest BCUT2D eigenvalue weighted by atomic mass is 10.00. The number of likely N-dealkylation sites (N-methyl/N-ethyl adjacent to an activating group) is 1. The minimum absolute atomic E-state index is 0.150. The summed E-state index contributed by atoms with van der Waals surface area (Å²) < 4.78 is 1.76. The number of fused-ring (bicyclic) bond motifs is 5. The minimum atomic E-state index is 0.150. The predicted octanol–water partition coefficient (Wildman–Crippen LogP) is 15.5. The number of para-hydroxylation sites is 2. The van der Waals surface area contributed by atoms with Crippen LogP contribution in [-0.2, 0) is 13.5 Å². The molecule has 0 N–H and O–H groups in total. The molecule has 5 aromatic carbocycles. The van der Waals surface area contributed by atoms with Crippen molar-refractivity contribution in [1.29, 1.82) is 0 Å². The molecule has 11 heteroatoms. The molecule has 1 amide bonds. The highest BCUT2D eigenvalue weighted by atomic mass is 16.2. The Kier molecular flexibility index (Phi) is 32.3. The maximum atomic E-state index is 11.5. The Hall–Kier alpha value is -7.01. The van der Waals surface area contributed by atoms with Gasteiger partial charge in [-0.25, -0.2) is 14.6 Å². The standard InChI is InChI=1S/C10H11NO.3C8H6N2.C7H7N3.5C4H10/c1-11-7-6-8-4-2-3-5-9(8)10(11)12;1-2-4-8-7(3-1)5-9-6-10-8;1-2-4-8-6-10-9-5-7(8)3-1;1-2-4-8-7(3-1)5-6-9-10-8;1-10-7-5-3-2-4-6(7)8-9-10;5*1-4(2)3/h2-5H,6-7H2,1H3;3*1-6H;2-5H,1H3;5*4H,1-3H3. The third-order valence-corrected chi connectivity index (χ3v) is 8.12. The summed E-state index contributed by atoms with van der Waals surface area (Å²) in [4.78, 5) is 21.3. The van der Waals surface area contributed by atoms with E-state index in [4.69, 9.17) is 0 Å². The summed E-state index contributed by atoms with van der Waals surface area (Å²) in [6.45, 7) is 33.3. The largest absolute Gasteiger partial charge is 0.341 e. The second-order valence-electron chi connectivity index (χ2n) is 20.3. The first-order valence-corrected chi connectivity index (χ1v) is 25.3. The van der Waals surface area contributed by atoms with Gasteiger partial charge in [0.05, 0.1) is 35.1 Å². The Bertz CT molecular complexity index is 2370. The van der Waals surface area contributed by atoms with Gasteiger partial charge in [0, 0.05) is 53.9 Å². The van der Waals surface area contributed by atoms with E-state index in [9.17, 15) is 4.79 Å². The zero-order valence-corrected chi connectivity index (χ0v) is 46.7. The van der Waals surface area contributed by atoms with Crippen molar-refractivity contribution in [3.8, 4) is 0 Å². The van der Waals surface area contributed by atoms with Crippen LogP contribution in [0.2, 0.25) is 0 Å². The van der Waals surface area contributed by atoms with Crippen LogP contribution in [-0.4, -0.2) is 69.8 Å². The monoisotopic (exact) mass is 975 g/mol. The number of benzene rings is 5. The molecule has 386 valence electrons. The fraction of sp³-hybridized carbons (Fsp3) is 0.393. The summed E-state index contributed by atoms with van der Waals surface area (Å²) in [5.74, 6) is 4.32. The summed E-state index contributed by atoms with van der Waals surface area (Å²) in [5.41, 5.74) is 6.02.